The highest BCUT2D eigenvalue weighted by Crippen LogP contribution is 2.28. The predicted molar refractivity (Wildman–Crippen MR) is 37.3 cm³/mol. The van der Waals surface area contributed by atoms with Crippen LogP contribution in [-0.2, 0) is 0 Å². The summed E-state index contributed by atoms with van der Waals surface area (Å²) in [5.74, 6) is 5.15. The van der Waals surface area contributed by atoms with Crippen LogP contribution in [-0.4, -0.2) is 17.4 Å². The number of alkyl halides is 3. The lowest BCUT2D eigenvalue weighted by Crippen LogP contribution is -2.44. The predicted octanol–water partition coefficient (Wildman–Crippen LogP) is 0.463. The second-order valence-electron chi connectivity index (χ2n) is 2.38. The fraction of sp³-hybridized carbons (Fsp3) is 0.333. The Hall–Kier alpha value is -1.01. The highest BCUT2D eigenvalue weighted by Gasteiger charge is 2.33. The first-order valence-corrected chi connectivity index (χ1v) is 3.17. The normalized spacial score (nSPS) is 24.2. The van der Waals surface area contributed by atoms with Crippen LogP contribution in [0.5, 0.6) is 0 Å². The van der Waals surface area contributed by atoms with Crippen molar-refractivity contribution < 1.29 is 13.2 Å². The Labute approximate surface area is 67.1 Å². The summed E-state index contributed by atoms with van der Waals surface area (Å²) in [5, 5.41) is 0.808. The molecule has 0 bridgehead atoms. The highest BCUT2D eigenvalue weighted by atomic mass is 19.4. The molecule has 0 aromatic carbocycles. The third-order valence-electron chi connectivity index (χ3n) is 1.43. The molecule has 1 aliphatic rings. The van der Waals surface area contributed by atoms with E-state index in [0.29, 0.717) is 0 Å². The van der Waals surface area contributed by atoms with Crippen LogP contribution < -0.4 is 11.6 Å². The van der Waals surface area contributed by atoms with Crippen molar-refractivity contribution in [3.05, 3.63) is 23.9 Å². The number of allylic oxidation sites excluding steroid dienone is 2. The Bertz CT molecular complexity index is 231. The molecule has 0 saturated carbocycles. The van der Waals surface area contributed by atoms with E-state index < -0.39 is 17.9 Å². The summed E-state index contributed by atoms with van der Waals surface area (Å²) in [7, 11) is 0. The molecule has 68 valence electrons. The lowest BCUT2D eigenvalue weighted by Gasteiger charge is -2.24. The Morgan fingerprint density at radius 3 is 2.42 bits per heavy atom. The summed E-state index contributed by atoms with van der Waals surface area (Å²) in [6.07, 6.45) is -2.19. The summed E-state index contributed by atoms with van der Waals surface area (Å²) >= 11 is 0. The molecule has 1 aliphatic heterocycles. The van der Waals surface area contributed by atoms with Gasteiger partial charge in [0, 0.05) is 6.20 Å². The Morgan fingerprint density at radius 2 is 2.00 bits per heavy atom. The number of rotatable bonds is 0. The van der Waals surface area contributed by atoms with Crippen LogP contribution in [0.2, 0.25) is 0 Å². The molecular weight excluding hydrogens is 171 g/mol. The summed E-state index contributed by atoms with van der Waals surface area (Å²) in [6.45, 7) is 0. The van der Waals surface area contributed by atoms with Gasteiger partial charge in [-0.15, -0.1) is 0 Å². The molecule has 0 fully saturated rings. The first-order valence-electron chi connectivity index (χ1n) is 3.17. The largest absolute Gasteiger partial charge is 0.417 e. The van der Waals surface area contributed by atoms with E-state index in [0.717, 1.165) is 17.3 Å². The van der Waals surface area contributed by atoms with Gasteiger partial charge in [-0.05, 0) is 12.2 Å². The topological polar surface area (TPSA) is 55.3 Å². The molecule has 1 rings (SSSR count). The molecule has 12 heavy (non-hydrogen) atoms. The molecule has 4 N–H and O–H groups in total. The molecule has 1 unspecified atom stereocenters. The van der Waals surface area contributed by atoms with Crippen molar-refractivity contribution in [2.75, 3.05) is 0 Å². The van der Waals surface area contributed by atoms with Crippen LogP contribution in [0.25, 0.3) is 0 Å². The molecule has 0 spiro atoms. The lowest BCUT2D eigenvalue weighted by atomic mass is 10.2. The molecule has 0 aromatic rings. The number of halogens is 3. The minimum Gasteiger partial charge on any atom is -0.307 e. The van der Waals surface area contributed by atoms with Crippen molar-refractivity contribution in [1.29, 1.82) is 0 Å². The van der Waals surface area contributed by atoms with Gasteiger partial charge in [-0.1, -0.05) is 0 Å². The quantitative estimate of drug-likeness (QED) is 0.531. The second kappa shape index (κ2) is 2.80. The van der Waals surface area contributed by atoms with Crippen LogP contribution in [0.4, 0.5) is 13.2 Å². The molecule has 1 atom stereocenters. The monoisotopic (exact) mass is 179 g/mol. The minimum absolute atomic E-state index is 0.684. The van der Waals surface area contributed by atoms with E-state index in [1.165, 1.54) is 6.08 Å². The third kappa shape index (κ3) is 1.77. The fourth-order valence-corrected chi connectivity index (χ4v) is 0.759. The van der Waals surface area contributed by atoms with Crippen molar-refractivity contribution in [3.63, 3.8) is 0 Å². The molecule has 3 nitrogen and oxygen atoms in total. The Morgan fingerprint density at radius 1 is 1.42 bits per heavy atom. The van der Waals surface area contributed by atoms with E-state index in [1.807, 2.05) is 0 Å². The van der Waals surface area contributed by atoms with Gasteiger partial charge in [-0.3, -0.25) is 5.01 Å². The first kappa shape index (κ1) is 9.08. The van der Waals surface area contributed by atoms with Crippen LogP contribution in [0, 0.1) is 0 Å². The summed E-state index contributed by atoms with van der Waals surface area (Å²) < 4.78 is 36.0. The molecule has 0 amide bonds. The van der Waals surface area contributed by atoms with Gasteiger partial charge in [0.15, 0.2) is 0 Å². The van der Waals surface area contributed by atoms with E-state index in [4.69, 9.17) is 11.6 Å². The minimum atomic E-state index is -4.37. The average Bonchev–Trinajstić information content (AvgIpc) is 1.92. The highest BCUT2D eigenvalue weighted by molar-refractivity contribution is 5.27. The van der Waals surface area contributed by atoms with Gasteiger partial charge in [-0.25, -0.2) is 5.84 Å². The Balaban J connectivity index is 2.84. The van der Waals surface area contributed by atoms with Crippen molar-refractivity contribution in [2.45, 2.75) is 12.3 Å². The summed E-state index contributed by atoms with van der Waals surface area (Å²) in [4.78, 5) is 0. The summed E-state index contributed by atoms with van der Waals surface area (Å²) in [6, 6.07) is 0. The maximum Gasteiger partial charge on any atom is 0.417 e. The van der Waals surface area contributed by atoms with Crippen molar-refractivity contribution in [2.24, 2.45) is 11.6 Å². The van der Waals surface area contributed by atoms with E-state index in [9.17, 15) is 13.2 Å². The number of hydrazine groups is 1. The van der Waals surface area contributed by atoms with Gasteiger partial charge < -0.3 is 5.73 Å². The van der Waals surface area contributed by atoms with Crippen molar-refractivity contribution in [3.8, 4) is 0 Å². The standard InChI is InChI=1S/C6H8F3N3/c7-6(8,9)4-1-2-5(10)12(11)3-4/h1-3,5H,10-11H2. The third-order valence-corrected chi connectivity index (χ3v) is 1.43. The zero-order valence-corrected chi connectivity index (χ0v) is 6.05. The number of hydrogen-bond donors (Lipinski definition) is 2. The molecule has 0 aliphatic carbocycles. The smallest absolute Gasteiger partial charge is 0.307 e. The zero-order chi connectivity index (χ0) is 9.35. The van der Waals surface area contributed by atoms with Crippen LogP contribution in [0.3, 0.4) is 0 Å². The Kier molecular flexibility index (Phi) is 2.12. The van der Waals surface area contributed by atoms with Gasteiger partial charge in [0.05, 0.1) is 5.57 Å². The molecule has 1 heterocycles. The maximum absolute atomic E-state index is 12.0. The van der Waals surface area contributed by atoms with Gasteiger partial charge in [0.1, 0.15) is 6.17 Å². The van der Waals surface area contributed by atoms with Gasteiger partial charge in [0.2, 0.25) is 0 Å². The van der Waals surface area contributed by atoms with E-state index in [1.54, 1.807) is 0 Å². The number of nitrogens with zero attached hydrogens (tertiary/aromatic N) is 1. The van der Waals surface area contributed by atoms with E-state index in [-0.39, 0.29) is 0 Å². The SMILES string of the molecule is NC1C=CC(C(F)(F)F)=CN1N. The fourth-order valence-electron chi connectivity index (χ4n) is 0.759. The number of hydrogen-bond acceptors (Lipinski definition) is 3. The van der Waals surface area contributed by atoms with Crippen molar-refractivity contribution in [1.82, 2.24) is 5.01 Å². The molecule has 0 saturated heterocycles. The molecule has 0 aromatic heterocycles. The van der Waals surface area contributed by atoms with Crippen LogP contribution in [0.1, 0.15) is 0 Å². The van der Waals surface area contributed by atoms with E-state index >= 15 is 0 Å². The molecular formula is C6H8F3N3. The number of nitrogens with two attached hydrogens (primary N) is 2. The second-order valence-corrected chi connectivity index (χ2v) is 2.38. The van der Waals surface area contributed by atoms with Gasteiger partial charge in [-0.2, -0.15) is 13.2 Å². The maximum atomic E-state index is 12.0. The van der Waals surface area contributed by atoms with Crippen LogP contribution in [0.15, 0.2) is 23.9 Å². The summed E-state index contributed by atoms with van der Waals surface area (Å²) in [5.41, 5.74) is 4.49. The first-order chi connectivity index (χ1) is 5.41. The van der Waals surface area contributed by atoms with E-state index in [2.05, 4.69) is 0 Å². The average molecular weight is 179 g/mol. The van der Waals surface area contributed by atoms with Gasteiger partial charge in [0.25, 0.3) is 0 Å². The molecule has 6 heteroatoms. The van der Waals surface area contributed by atoms with Gasteiger partial charge >= 0.3 is 6.18 Å². The van der Waals surface area contributed by atoms with Crippen LogP contribution >= 0.6 is 0 Å². The van der Waals surface area contributed by atoms with Crippen molar-refractivity contribution >= 4 is 0 Å². The molecule has 0 radical (unpaired) electrons. The lowest BCUT2D eigenvalue weighted by molar-refractivity contribution is -0.0898. The zero-order valence-electron chi connectivity index (χ0n) is 6.05.